The molecule has 0 radical (unpaired) electrons. The molecule has 0 bridgehead atoms. The SMILES string of the molecule is COc1ccc(Br)c(-n2c(C)cc3c2CCCC3O)c1. The molecule has 1 aliphatic rings. The molecule has 0 saturated heterocycles. The van der Waals surface area contributed by atoms with Gasteiger partial charge in [-0.15, -0.1) is 0 Å². The highest BCUT2D eigenvalue weighted by atomic mass is 79.9. The summed E-state index contributed by atoms with van der Waals surface area (Å²) >= 11 is 3.62. The monoisotopic (exact) mass is 335 g/mol. The summed E-state index contributed by atoms with van der Waals surface area (Å²) in [6, 6.07) is 8.07. The second-order valence-corrected chi connectivity index (χ2v) is 6.10. The van der Waals surface area contributed by atoms with Gasteiger partial charge in [-0.25, -0.2) is 0 Å². The fourth-order valence-corrected chi connectivity index (χ4v) is 3.43. The standard InChI is InChI=1S/C16H18BrNO2/c1-10-8-12-14(4-3-5-16(12)19)18(10)15-9-11(20-2)6-7-13(15)17/h6-9,16,19H,3-5H2,1-2H3. The number of benzene rings is 1. The number of aromatic nitrogens is 1. The maximum absolute atomic E-state index is 10.2. The Bertz CT molecular complexity index is 648. The van der Waals surface area contributed by atoms with E-state index < -0.39 is 0 Å². The quantitative estimate of drug-likeness (QED) is 0.902. The minimum atomic E-state index is -0.330. The second-order valence-electron chi connectivity index (χ2n) is 5.25. The lowest BCUT2D eigenvalue weighted by Gasteiger charge is -2.21. The normalized spacial score (nSPS) is 17.9. The van der Waals surface area contributed by atoms with Gasteiger partial charge >= 0.3 is 0 Å². The fourth-order valence-electron chi connectivity index (χ4n) is 3.00. The Kier molecular flexibility index (Phi) is 3.61. The van der Waals surface area contributed by atoms with Gasteiger partial charge in [0.15, 0.2) is 0 Å². The zero-order valence-electron chi connectivity index (χ0n) is 11.7. The molecule has 1 aromatic carbocycles. The van der Waals surface area contributed by atoms with Crippen molar-refractivity contribution in [3.8, 4) is 11.4 Å². The second kappa shape index (κ2) is 5.26. The molecule has 1 aliphatic carbocycles. The van der Waals surface area contributed by atoms with Gasteiger partial charge in [0.25, 0.3) is 0 Å². The Morgan fingerprint density at radius 1 is 1.35 bits per heavy atom. The van der Waals surface area contributed by atoms with E-state index in [9.17, 15) is 5.11 Å². The third-order valence-corrected chi connectivity index (χ3v) is 4.64. The summed E-state index contributed by atoms with van der Waals surface area (Å²) < 4.78 is 8.58. The lowest BCUT2D eigenvalue weighted by Crippen LogP contribution is -2.11. The Hall–Kier alpha value is -1.26. The number of ether oxygens (including phenoxy) is 1. The van der Waals surface area contributed by atoms with E-state index in [0.29, 0.717) is 0 Å². The molecule has 0 saturated carbocycles. The van der Waals surface area contributed by atoms with Crippen LogP contribution in [0.2, 0.25) is 0 Å². The van der Waals surface area contributed by atoms with E-state index in [1.165, 1.54) is 5.69 Å². The first kappa shape index (κ1) is 13.7. The van der Waals surface area contributed by atoms with Crippen LogP contribution in [0.25, 0.3) is 5.69 Å². The van der Waals surface area contributed by atoms with Crippen molar-refractivity contribution in [1.29, 1.82) is 0 Å². The van der Waals surface area contributed by atoms with Crippen LogP contribution >= 0.6 is 15.9 Å². The average Bonchev–Trinajstić information content (AvgIpc) is 2.77. The number of hydrogen-bond donors (Lipinski definition) is 1. The summed E-state index contributed by atoms with van der Waals surface area (Å²) in [5.41, 5.74) is 4.50. The van der Waals surface area contributed by atoms with E-state index in [2.05, 4.69) is 33.5 Å². The van der Waals surface area contributed by atoms with E-state index >= 15 is 0 Å². The van der Waals surface area contributed by atoms with Gasteiger partial charge in [-0.1, -0.05) is 0 Å². The van der Waals surface area contributed by atoms with Crippen molar-refractivity contribution >= 4 is 15.9 Å². The smallest absolute Gasteiger partial charge is 0.121 e. The molecule has 3 nitrogen and oxygen atoms in total. The van der Waals surface area contributed by atoms with E-state index in [-0.39, 0.29) is 6.10 Å². The topological polar surface area (TPSA) is 34.4 Å². The first-order valence-electron chi connectivity index (χ1n) is 6.85. The highest BCUT2D eigenvalue weighted by Gasteiger charge is 2.24. The highest BCUT2D eigenvalue weighted by Crippen LogP contribution is 2.36. The van der Waals surface area contributed by atoms with Gasteiger partial charge < -0.3 is 14.4 Å². The number of hydrogen-bond acceptors (Lipinski definition) is 2. The molecule has 2 aromatic rings. The van der Waals surface area contributed by atoms with Crippen LogP contribution in [0.3, 0.4) is 0 Å². The van der Waals surface area contributed by atoms with Crippen LogP contribution < -0.4 is 4.74 Å². The predicted molar refractivity (Wildman–Crippen MR) is 82.7 cm³/mol. The minimum Gasteiger partial charge on any atom is -0.497 e. The molecule has 0 amide bonds. The van der Waals surface area contributed by atoms with E-state index in [1.54, 1.807) is 7.11 Å². The van der Waals surface area contributed by atoms with Crippen molar-refractivity contribution < 1.29 is 9.84 Å². The van der Waals surface area contributed by atoms with Gasteiger partial charge in [0.1, 0.15) is 5.75 Å². The number of methoxy groups -OCH3 is 1. The number of nitrogens with zero attached hydrogens (tertiary/aromatic N) is 1. The van der Waals surface area contributed by atoms with Crippen LogP contribution in [-0.4, -0.2) is 16.8 Å². The molecule has 0 spiro atoms. The molecule has 1 unspecified atom stereocenters. The van der Waals surface area contributed by atoms with Gasteiger partial charge in [-0.05, 0) is 60.3 Å². The molecule has 3 rings (SSSR count). The maximum atomic E-state index is 10.2. The molecule has 0 fully saturated rings. The molecule has 1 aromatic heterocycles. The van der Waals surface area contributed by atoms with E-state index in [0.717, 1.165) is 46.4 Å². The van der Waals surface area contributed by atoms with Gasteiger partial charge in [0, 0.05) is 27.5 Å². The summed E-state index contributed by atoms with van der Waals surface area (Å²) in [7, 11) is 1.68. The van der Waals surface area contributed by atoms with Crippen molar-refractivity contribution in [3.05, 3.63) is 45.7 Å². The summed E-state index contributed by atoms with van der Waals surface area (Å²) in [6.07, 6.45) is 2.56. The lowest BCUT2D eigenvalue weighted by molar-refractivity contribution is 0.156. The molecule has 20 heavy (non-hydrogen) atoms. The van der Waals surface area contributed by atoms with Gasteiger partial charge in [-0.3, -0.25) is 0 Å². The number of aliphatic hydroxyl groups is 1. The predicted octanol–water partition coefficient (Wildman–Crippen LogP) is 3.93. The van der Waals surface area contributed by atoms with Crippen LogP contribution in [0.1, 0.15) is 35.9 Å². The van der Waals surface area contributed by atoms with Crippen LogP contribution in [0, 0.1) is 6.92 Å². The molecule has 106 valence electrons. The van der Waals surface area contributed by atoms with E-state index in [4.69, 9.17) is 4.74 Å². The first-order chi connectivity index (χ1) is 9.61. The van der Waals surface area contributed by atoms with Crippen LogP contribution in [0.5, 0.6) is 5.75 Å². The van der Waals surface area contributed by atoms with Crippen LogP contribution in [0.4, 0.5) is 0 Å². The zero-order valence-corrected chi connectivity index (χ0v) is 13.3. The maximum Gasteiger partial charge on any atom is 0.121 e. The van der Waals surface area contributed by atoms with Crippen molar-refractivity contribution in [2.45, 2.75) is 32.3 Å². The van der Waals surface area contributed by atoms with Crippen molar-refractivity contribution in [3.63, 3.8) is 0 Å². The molecular formula is C16H18BrNO2. The summed E-state index contributed by atoms with van der Waals surface area (Å²) in [6.45, 7) is 2.08. The average molecular weight is 336 g/mol. The van der Waals surface area contributed by atoms with Gasteiger partial charge in [0.05, 0.1) is 18.9 Å². The van der Waals surface area contributed by atoms with Crippen LogP contribution in [-0.2, 0) is 6.42 Å². The number of rotatable bonds is 2. The van der Waals surface area contributed by atoms with Gasteiger partial charge in [0.2, 0.25) is 0 Å². The Labute approximate surface area is 127 Å². The Morgan fingerprint density at radius 2 is 2.15 bits per heavy atom. The highest BCUT2D eigenvalue weighted by molar-refractivity contribution is 9.10. The van der Waals surface area contributed by atoms with Crippen LogP contribution in [0.15, 0.2) is 28.7 Å². The Balaban J connectivity index is 2.20. The molecule has 4 heteroatoms. The number of fused-ring (bicyclic) bond motifs is 1. The molecule has 1 atom stereocenters. The third-order valence-electron chi connectivity index (χ3n) is 3.96. The molecular weight excluding hydrogens is 318 g/mol. The van der Waals surface area contributed by atoms with Crippen molar-refractivity contribution in [2.24, 2.45) is 0 Å². The molecule has 0 aliphatic heterocycles. The van der Waals surface area contributed by atoms with Crippen molar-refractivity contribution in [2.75, 3.05) is 7.11 Å². The largest absolute Gasteiger partial charge is 0.497 e. The zero-order chi connectivity index (χ0) is 14.3. The lowest BCUT2D eigenvalue weighted by atomic mass is 9.95. The van der Waals surface area contributed by atoms with Crippen molar-refractivity contribution in [1.82, 2.24) is 4.57 Å². The third kappa shape index (κ3) is 2.17. The first-order valence-corrected chi connectivity index (χ1v) is 7.64. The number of aliphatic hydroxyl groups excluding tert-OH is 1. The summed E-state index contributed by atoms with van der Waals surface area (Å²) in [5.74, 6) is 0.835. The molecule has 1 heterocycles. The van der Waals surface area contributed by atoms with Gasteiger partial charge in [-0.2, -0.15) is 0 Å². The number of aryl methyl sites for hydroxylation is 1. The Morgan fingerprint density at radius 3 is 2.90 bits per heavy atom. The van der Waals surface area contributed by atoms with E-state index in [1.807, 2.05) is 18.2 Å². The summed E-state index contributed by atoms with van der Waals surface area (Å²) in [4.78, 5) is 0. The minimum absolute atomic E-state index is 0.330. The fraction of sp³-hybridized carbons (Fsp3) is 0.375. The molecule has 1 N–H and O–H groups in total. The number of halogens is 1. The summed E-state index contributed by atoms with van der Waals surface area (Å²) in [5, 5.41) is 10.2.